The molecule has 0 saturated carbocycles. The first kappa shape index (κ1) is 20.9. The predicted molar refractivity (Wildman–Crippen MR) is 94.4 cm³/mol. The van der Waals surface area contributed by atoms with E-state index in [0.717, 1.165) is 5.56 Å². The van der Waals surface area contributed by atoms with Gasteiger partial charge in [0.05, 0.1) is 13.0 Å². The lowest BCUT2D eigenvalue weighted by molar-refractivity contribution is -0.274. The van der Waals surface area contributed by atoms with E-state index in [9.17, 15) is 18.0 Å². The molecule has 0 bridgehead atoms. The molecule has 6 nitrogen and oxygen atoms in total. The molecular formula is C18H24F3N3O3. The summed E-state index contributed by atoms with van der Waals surface area (Å²) >= 11 is 0. The lowest BCUT2D eigenvalue weighted by atomic mass is 9.99. The third-order valence-corrected chi connectivity index (χ3v) is 4.48. The molecule has 1 aliphatic heterocycles. The Morgan fingerprint density at radius 3 is 2.52 bits per heavy atom. The van der Waals surface area contributed by atoms with Crippen LogP contribution in [0, 0.1) is 11.8 Å². The molecule has 0 amide bonds. The van der Waals surface area contributed by atoms with Gasteiger partial charge in [0.2, 0.25) is 0 Å². The first-order valence-corrected chi connectivity index (χ1v) is 8.61. The fraction of sp³-hybridized carbons (Fsp3) is 0.556. The Kier molecular flexibility index (Phi) is 6.92. The van der Waals surface area contributed by atoms with Crippen LogP contribution in [-0.2, 0) is 16.0 Å². The fourth-order valence-corrected chi connectivity index (χ4v) is 3.11. The zero-order valence-corrected chi connectivity index (χ0v) is 15.5. The van der Waals surface area contributed by atoms with Crippen LogP contribution in [0.5, 0.6) is 5.75 Å². The normalized spacial score (nSPS) is 20.5. The first-order chi connectivity index (χ1) is 12.7. The summed E-state index contributed by atoms with van der Waals surface area (Å²) in [5.74, 6) is 0.203. The van der Waals surface area contributed by atoms with Crippen LogP contribution in [0.3, 0.4) is 0 Å². The molecular weight excluding hydrogens is 363 g/mol. The molecule has 9 heteroatoms. The lowest BCUT2D eigenvalue weighted by Crippen LogP contribution is -2.41. The molecule has 1 saturated heterocycles. The predicted octanol–water partition coefficient (Wildman–Crippen LogP) is 2.44. The number of carbonyl (C=O) groups is 1. The van der Waals surface area contributed by atoms with Gasteiger partial charge >= 0.3 is 12.3 Å². The Labute approximate surface area is 156 Å². The molecule has 2 rings (SSSR count). The van der Waals surface area contributed by atoms with Crippen LogP contribution in [0.15, 0.2) is 29.3 Å². The lowest BCUT2D eigenvalue weighted by Gasteiger charge is -2.21. The van der Waals surface area contributed by atoms with E-state index < -0.39 is 6.36 Å². The highest BCUT2D eigenvalue weighted by Crippen LogP contribution is 2.24. The number of carbonyl (C=O) groups excluding carboxylic acids is 1. The SMILES string of the molecule is CN=C(NCCc1ccc(OC(F)(F)F)cc1)N1CC(C)C(C(=O)OC)C1. The molecule has 27 heavy (non-hydrogen) atoms. The van der Waals surface area contributed by atoms with Gasteiger partial charge < -0.3 is 19.7 Å². The third kappa shape index (κ3) is 6.04. The van der Waals surface area contributed by atoms with E-state index in [0.29, 0.717) is 32.0 Å². The van der Waals surface area contributed by atoms with E-state index in [1.165, 1.54) is 19.2 Å². The van der Waals surface area contributed by atoms with Gasteiger partial charge in [0.25, 0.3) is 0 Å². The van der Waals surface area contributed by atoms with Gasteiger partial charge in [-0.15, -0.1) is 13.2 Å². The summed E-state index contributed by atoms with van der Waals surface area (Å²) in [6.07, 6.45) is -4.08. The van der Waals surface area contributed by atoms with Gasteiger partial charge in [-0.3, -0.25) is 9.79 Å². The van der Waals surface area contributed by atoms with Gasteiger partial charge in [-0.2, -0.15) is 0 Å². The van der Waals surface area contributed by atoms with Crippen molar-refractivity contribution in [2.24, 2.45) is 16.8 Å². The van der Waals surface area contributed by atoms with Crippen LogP contribution in [0.2, 0.25) is 0 Å². The van der Waals surface area contributed by atoms with Gasteiger partial charge in [0.1, 0.15) is 5.75 Å². The van der Waals surface area contributed by atoms with Gasteiger partial charge in [-0.05, 0) is 30.0 Å². The number of guanidine groups is 1. The van der Waals surface area contributed by atoms with E-state index >= 15 is 0 Å². The van der Waals surface area contributed by atoms with E-state index in [4.69, 9.17) is 4.74 Å². The number of esters is 1. The summed E-state index contributed by atoms with van der Waals surface area (Å²) in [7, 11) is 3.05. The molecule has 1 fully saturated rings. The average molecular weight is 387 g/mol. The quantitative estimate of drug-likeness (QED) is 0.478. The maximum atomic E-state index is 12.2. The second-order valence-electron chi connectivity index (χ2n) is 6.43. The van der Waals surface area contributed by atoms with Crippen molar-refractivity contribution in [1.29, 1.82) is 0 Å². The number of nitrogens with one attached hydrogen (secondary N) is 1. The number of halogens is 3. The molecule has 0 aromatic heterocycles. The van der Waals surface area contributed by atoms with Crippen LogP contribution in [0.25, 0.3) is 0 Å². The Morgan fingerprint density at radius 1 is 1.30 bits per heavy atom. The fourth-order valence-electron chi connectivity index (χ4n) is 3.11. The van der Waals surface area contributed by atoms with Crippen LogP contribution >= 0.6 is 0 Å². The van der Waals surface area contributed by atoms with Crippen LogP contribution in [0.1, 0.15) is 12.5 Å². The van der Waals surface area contributed by atoms with Crippen molar-refractivity contribution < 1.29 is 27.4 Å². The monoisotopic (exact) mass is 387 g/mol. The number of ether oxygens (including phenoxy) is 2. The van der Waals surface area contributed by atoms with Gasteiger partial charge in [-0.1, -0.05) is 19.1 Å². The molecule has 2 atom stereocenters. The average Bonchev–Trinajstić information content (AvgIpc) is 2.99. The Hall–Kier alpha value is -2.45. The molecule has 0 spiro atoms. The Balaban J connectivity index is 1.84. The number of rotatable bonds is 5. The van der Waals surface area contributed by atoms with Crippen LogP contribution < -0.4 is 10.1 Å². The Morgan fingerprint density at radius 2 is 1.96 bits per heavy atom. The number of methoxy groups -OCH3 is 1. The van der Waals surface area contributed by atoms with Crippen molar-refractivity contribution >= 4 is 11.9 Å². The highest BCUT2D eigenvalue weighted by atomic mass is 19.4. The molecule has 1 aromatic carbocycles. The second-order valence-corrected chi connectivity index (χ2v) is 6.43. The van der Waals surface area contributed by atoms with Crippen molar-refractivity contribution in [3.63, 3.8) is 0 Å². The zero-order valence-electron chi connectivity index (χ0n) is 15.5. The summed E-state index contributed by atoms with van der Waals surface area (Å²) in [5.41, 5.74) is 0.870. The molecule has 1 aliphatic rings. The molecule has 150 valence electrons. The molecule has 0 aliphatic carbocycles. The molecule has 2 unspecified atom stereocenters. The standard InChI is InChI=1S/C18H24F3N3O3/c1-12-10-24(11-15(12)16(25)26-3)17(22-2)23-9-8-13-4-6-14(7-5-13)27-18(19,20)21/h4-7,12,15H,8-11H2,1-3H3,(H,22,23). The number of aliphatic imine (C=N–C) groups is 1. The second kappa shape index (κ2) is 8.96. The largest absolute Gasteiger partial charge is 0.573 e. The maximum Gasteiger partial charge on any atom is 0.573 e. The van der Waals surface area contributed by atoms with E-state index in [2.05, 4.69) is 15.0 Å². The summed E-state index contributed by atoms with van der Waals surface area (Å²) in [5, 5.41) is 3.22. The van der Waals surface area contributed by atoms with Crippen molar-refractivity contribution in [2.75, 3.05) is 33.8 Å². The van der Waals surface area contributed by atoms with Crippen molar-refractivity contribution in [3.05, 3.63) is 29.8 Å². The number of nitrogens with zero attached hydrogens (tertiary/aromatic N) is 2. The summed E-state index contributed by atoms with van der Waals surface area (Å²) in [6.45, 7) is 3.79. The summed E-state index contributed by atoms with van der Waals surface area (Å²) < 4.78 is 45.2. The van der Waals surface area contributed by atoms with E-state index in [1.807, 2.05) is 11.8 Å². The van der Waals surface area contributed by atoms with Gasteiger partial charge in [-0.25, -0.2) is 0 Å². The topological polar surface area (TPSA) is 63.2 Å². The number of likely N-dealkylation sites (tertiary alicyclic amines) is 1. The summed E-state index contributed by atoms with van der Waals surface area (Å²) in [4.78, 5) is 18.1. The summed E-state index contributed by atoms with van der Waals surface area (Å²) in [6, 6.07) is 5.77. The molecule has 1 aromatic rings. The highest BCUT2D eigenvalue weighted by molar-refractivity contribution is 5.82. The van der Waals surface area contributed by atoms with E-state index in [1.54, 1.807) is 19.2 Å². The molecule has 1 heterocycles. The van der Waals surface area contributed by atoms with E-state index in [-0.39, 0.29) is 23.6 Å². The first-order valence-electron chi connectivity index (χ1n) is 8.61. The van der Waals surface area contributed by atoms with Gasteiger partial charge in [0.15, 0.2) is 5.96 Å². The minimum absolute atomic E-state index is 0.164. The highest BCUT2D eigenvalue weighted by Gasteiger charge is 2.36. The number of benzene rings is 1. The minimum atomic E-state index is -4.69. The Bertz CT molecular complexity index is 662. The zero-order chi connectivity index (χ0) is 20.0. The number of alkyl halides is 3. The number of hydrogen-bond acceptors (Lipinski definition) is 4. The van der Waals surface area contributed by atoms with Crippen LogP contribution in [0.4, 0.5) is 13.2 Å². The number of hydrogen-bond donors (Lipinski definition) is 1. The van der Waals surface area contributed by atoms with Crippen molar-refractivity contribution in [1.82, 2.24) is 10.2 Å². The molecule has 0 radical (unpaired) electrons. The third-order valence-electron chi connectivity index (χ3n) is 4.48. The van der Waals surface area contributed by atoms with Crippen molar-refractivity contribution in [2.45, 2.75) is 19.7 Å². The van der Waals surface area contributed by atoms with Crippen LogP contribution in [-0.4, -0.2) is 57.0 Å². The van der Waals surface area contributed by atoms with Gasteiger partial charge in [0, 0.05) is 26.7 Å². The smallest absolute Gasteiger partial charge is 0.469 e. The minimum Gasteiger partial charge on any atom is -0.469 e. The van der Waals surface area contributed by atoms with Crippen molar-refractivity contribution in [3.8, 4) is 5.75 Å². The molecule has 1 N–H and O–H groups in total. The maximum absolute atomic E-state index is 12.2.